The zero-order chi connectivity index (χ0) is 10.4. The monoisotopic (exact) mass is 199 g/mol. The molecule has 1 spiro atoms. The lowest BCUT2D eigenvalue weighted by Crippen LogP contribution is -2.63. The number of likely N-dealkylation sites (tertiary alicyclic amines) is 1. The first-order valence-electron chi connectivity index (χ1n) is 5.12. The summed E-state index contributed by atoms with van der Waals surface area (Å²) in [5.41, 5.74) is -1.10. The molecule has 80 valence electrons. The van der Waals surface area contributed by atoms with Gasteiger partial charge in [-0.3, -0.25) is 4.90 Å². The number of rotatable bonds is 3. The average Bonchev–Trinajstić information content (AvgIpc) is 1.91. The van der Waals surface area contributed by atoms with Crippen LogP contribution >= 0.6 is 0 Å². The highest BCUT2D eigenvalue weighted by Crippen LogP contribution is 2.48. The summed E-state index contributed by atoms with van der Waals surface area (Å²) in [5.74, 6) is -1.13. The maximum atomic E-state index is 10.7. The van der Waals surface area contributed by atoms with Gasteiger partial charge in [-0.05, 0) is 25.2 Å². The molecule has 2 rings (SSSR count). The minimum absolute atomic E-state index is 0.254. The van der Waals surface area contributed by atoms with Crippen LogP contribution in [-0.2, 0) is 4.79 Å². The van der Waals surface area contributed by atoms with Gasteiger partial charge >= 0.3 is 5.97 Å². The van der Waals surface area contributed by atoms with Crippen molar-refractivity contribution in [2.24, 2.45) is 5.41 Å². The number of carbonyl (C=O) groups is 1. The third-order valence-corrected chi connectivity index (χ3v) is 3.52. The molecule has 1 saturated carbocycles. The Bertz CT molecular complexity index is 250. The Labute approximate surface area is 83.5 Å². The molecule has 2 aliphatic rings. The second-order valence-corrected chi connectivity index (χ2v) is 5.08. The minimum Gasteiger partial charge on any atom is -0.479 e. The molecule has 1 aliphatic heterocycles. The van der Waals surface area contributed by atoms with Crippen LogP contribution in [0, 0.1) is 5.41 Å². The van der Waals surface area contributed by atoms with Gasteiger partial charge < -0.3 is 10.2 Å². The third-order valence-electron chi connectivity index (χ3n) is 3.52. The van der Waals surface area contributed by atoms with Crippen LogP contribution in [-0.4, -0.2) is 46.3 Å². The van der Waals surface area contributed by atoms with E-state index in [0.717, 1.165) is 13.1 Å². The molecule has 4 heteroatoms. The van der Waals surface area contributed by atoms with Gasteiger partial charge in [0, 0.05) is 19.6 Å². The second kappa shape index (κ2) is 2.94. The zero-order valence-corrected chi connectivity index (χ0v) is 8.49. The Morgan fingerprint density at radius 3 is 2.43 bits per heavy atom. The van der Waals surface area contributed by atoms with Crippen LogP contribution < -0.4 is 0 Å². The molecule has 1 heterocycles. The quantitative estimate of drug-likeness (QED) is 0.686. The number of β-amino-alcohol motifs (C(OH)–C–C–N with tert-alkyl or cyclic N) is 1. The molecule has 0 aromatic heterocycles. The lowest BCUT2D eigenvalue weighted by Gasteiger charge is -2.56. The maximum absolute atomic E-state index is 10.7. The van der Waals surface area contributed by atoms with Crippen molar-refractivity contribution < 1.29 is 15.0 Å². The van der Waals surface area contributed by atoms with Crippen molar-refractivity contribution in [2.75, 3.05) is 19.6 Å². The third kappa shape index (κ3) is 1.53. The first-order valence-corrected chi connectivity index (χ1v) is 5.12. The number of carboxylic acid groups (broad SMARTS) is 1. The fourth-order valence-corrected chi connectivity index (χ4v) is 2.51. The smallest absolute Gasteiger partial charge is 0.336 e. The summed E-state index contributed by atoms with van der Waals surface area (Å²) in [6, 6.07) is 0. The standard InChI is InChI=1S/C10H17NO3/c1-9(14,8(12)13)5-11-6-10(7-11)3-2-4-10/h14H,2-7H2,1H3,(H,12,13). The molecule has 1 aliphatic carbocycles. The normalized spacial score (nSPS) is 29.0. The van der Waals surface area contributed by atoms with E-state index in [1.165, 1.54) is 26.2 Å². The fourth-order valence-electron chi connectivity index (χ4n) is 2.51. The SMILES string of the molecule is CC(O)(CN1CC2(CCC2)C1)C(=O)O. The highest BCUT2D eigenvalue weighted by molar-refractivity contribution is 5.76. The maximum Gasteiger partial charge on any atom is 0.336 e. The van der Waals surface area contributed by atoms with Gasteiger partial charge in [0.05, 0.1) is 0 Å². The average molecular weight is 199 g/mol. The van der Waals surface area contributed by atoms with Crippen LogP contribution in [0.25, 0.3) is 0 Å². The van der Waals surface area contributed by atoms with E-state index in [0.29, 0.717) is 5.41 Å². The van der Waals surface area contributed by atoms with Crippen LogP contribution in [0.3, 0.4) is 0 Å². The predicted molar refractivity (Wildman–Crippen MR) is 51.0 cm³/mol. The molecule has 0 radical (unpaired) electrons. The zero-order valence-electron chi connectivity index (χ0n) is 8.49. The number of hydrogen-bond donors (Lipinski definition) is 2. The van der Waals surface area contributed by atoms with Crippen LogP contribution in [0.5, 0.6) is 0 Å². The van der Waals surface area contributed by atoms with Gasteiger partial charge in [0.25, 0.3) is 0 Å². The van der Waals surface area contributed by atoms with Crippen LogP contribution in [0.2, 0.25) is 0 Å². The molecular weight excluding hydrogens is 182 g/mol. The van der Waals surface area contributed by atoms with Gasteiger partial charge in [0.2, 0.25) is 0 Å². The van der Waals surface area contributed by atoms with Crippen molar-refractivity contribution in [1.82, 2.24) is 4.90 Å². The molecule has 0 amide bonds. The van der Waals surface area contributed by atoms with Crippen molar-refractivity contribution in [3.8, 4) is 0 Å². The van der Waals surface area contributed by atoms with Gasteiger partial charge in [0.1, 0.15) is 0 Å². The molecule has 1 unspecified atom stereocenters. The van der Waals surface area contributed by atoms with Crippen LogP contribution in [0.1, 0.15) is 26.2 Å². The molecule has 2 fully saturated rings. The highest BCUT2D eigenvalue weighted by Gasteiger charge is 2.49. The fraction of sp³-hybridized carbons (Fsp3) is 0.900. The number of carboxylic acids is 1. The van der Waals surface area contributed by atoms with E-state index in [-0.39, 0.29) is 6.54 Å². The van der Waals surface area contributed by atoms with E-state index in [2.05, 4.69) is 0 Å². The van der Waals surface area contributed by atoms with E-state index in [4.69, 9.17) is 5.11 Å². The first-order chi connectivity index (χ1) is 6.44. The minimum atomic E-state index is -1.59. The summed E-state index contributed by atoms with van der Waals surface area (Å²) in [7, 11) is 0. The van der Waals surface area contributed by atoms with E-state index in [1.54, 1.807) is 0 Å². The molecule has 0 bridgehead atoms. The van der Waals surface area contributed by atoms with Crippen molar-refractivity contribution in [3.63, 3.8) is 0 Å². The lowest BCUT2D eigenvalue weighted by atomic mass is 9.63. The van der Waals surface area contributed by atoms with Gasteiger partial charge in [-0.1, -0.05) is 6.42 Å². The molecule has 0 aromatic carbocycles. The summed E-state index contributed by atoms with van der Waals surface area (Å²) in [4.78, 5) is 12.7. The molecule has 4 nitrogen and oxygen atoms in total. The molecule has 0 aromatic rings. The second-order valence-electron chi connectivity index (χ2n) is 5.08. The van der Waals surface area contributed by atoms with Gasteiger partial charge in [-0.15, -0.1) is 0 Å². The summed E-state index contributed by atoms with van der Waals surface area (Å²) >= 11 is 0. The van der Waals surface area contributed by atoms with Crippen LogP contribution in [0.4, 0.5) is 0 Å². The van der Waals surface area contributed by atoms with Crippen molar-refractivity contribution in [3.05, 3.63) is 0 Å². The number of nitrogens with zero attached hydrogens (tertiary/aromatic N) is 1. The van der Waals surface area contributed by atoms with E-state index in [1.807, 2.05) is 4.90 Å². The summed E-state index contributed by atoms with van der Waals surface area (Å²) in [6.07, 6.45) is 3.86. The lowest BCUT2D eigenvalue weighted by molar-refractivity contribution is -0.164. The largest absolute Gasteiger partial charge is 0.479 e. The Kier molecular flexibility index (Phi) is 2.08. The Morgan fingerprint density at radius 2 is 2.07 bits per heavy atom. The van der Waals surface area contributed by atoms with E-state index in [9.17, 15) is 9.90 Å². The number of aliphatic hydroxyl groups is 1. The Morgan fingerprint density at radius 1 is 1.50 bits per heavy atom. The molecular formula is C10H17NO3. The summed E-state index contributed by atoms with van der Waals surface area (Å²) in [5, 5.41) is 18.3. The molecule has 1 saturated heterocycles. The molecule has 1 atom stereocenters. The van der Waals surface area contributed by atoms with Gasteiger partial charge in [0.15, 0.2) is 5.60 Å². The van der Waals surface area contributed by atoms with Crippen molar-refractivity contribution in [1.29, 1.82) is 0 Å². The topological polar surface area (TPSA) is 60.8 Å². The van der Waals surface area contributed by atoms with Crippen molar-refractivity contribution >= 4 is 5.97 Å². The number of aliphatic carboxylic acids is 1. The predicted octanol–water partition coefficient (Wildman–Crippen LogP) is 0.308. The summed E-state index contributed by atoms with van der Waals surface area (Å²) in [6.45, 7) is 3.55. The summed E-state index contributed by atoms with van der Waals surface area (Å²) < 4.78 is 0. The van der Waals surface area contributed by atoms with Crippen LogP contribution in [0.15, 0.2) is 0 Å². The molecule has 2 N–H and O–H groups in total. The van der Waals surface area contributed by atoms with E-state index >= 15 is 0 Å². The van der Waals surface area contributed by atoms with Gasteiger partial charge in [-0.25, -0.2) is 4.79 Å². The Balaban J connectivity index is 1.80. The number of hydrogen-bond acceptors (Lipinski definition) is 3. The Hall–Kier alpha value is -0.610. The van der Waals surface area contributed by atoms with Gasteiger partial charge in [-0.2, -0.15) is 0 Å². The molecule has 14 heavy (non-hydrogen) atoms. The van der Waals surface area contributed by atoms with Crippen molar-refractivity contribution in [2.45, 2.75) is 31.8 Å². The van der Waals surface area contributed by atoms with E-state index < -0.39 is 11.6 Å². The highest BCUT2D eigenvalue weighted by atomic mass is 16.4. The first kappa shape index (κ1) is 9.93.